The summed E-state index contributed by atoms with van der Waals surface area (Å²) in [6.45, 7) is 4.21. The predicted molar refractivity (Wildman–Crippen MR) is 121 cm³/mol. The highest BCUT2D eigenvalue weighted by Crippen LogP contribution is 2.23. The third kappa shape index (κ3) is 5.71. The molecule has 0 spiro atoms. The average molecular weight is 444 g/mol. The van der Waals surface area contributed by atoms with E-state index < -0.39 is 10.0 Å². The van der Waals surface area contributed by atoms with E-state index in [4.69, 9.17) is 0 Å². The lowest BCUT2D eigenvalue weighted by Crippen LogP contribution is -2.42. The fraction of sp³-hybridized carbons (Fsp3) is 0.391. The van der Waals surface area contributed by atoms with Crippen LogP contribution in [-0.4, -0.2) is 43.4 Å². The Labute approximate surface area is 183 Å². The van der Waals surface area contributed by atoms with Crippen molar-refractivity contribution in [2.24, 2.45) is 5.92 Å². The summed E-state index contributed by atoms with van der Waals surface area (Å²) in [7, 11) is -3.23. The van der Waals surface area contributed by atoms with Gasteiger partial charge >= 0.3 is 0 Å². The van der Waals surface area contributed by atoms with Crippen LogP contribution in [0.15, 0.2) is 54.6 Å². The van der Waals surface area contributed by atoms with Crippen molar-refractivity contribution in [2.45, 2.75) is 32.7 Å². The number of piperidine rings is 1. The van der Waals surface area contributed by atoms with E-state index in [9.17, 15) is 18.0 Å². The van der Waals surface area contributed by atoms with Crippen molar-refractivity contribution in [1.29, 1.82) is 0 Å². The molecule has 1 aliphatic heterocycles. The molecule has 8 heteroatoms. The minimum Gasteiger partial charge on any atom is -0.345 e. The van der Waals surface area contributed by atoms with Crippen molar-refractivity contribution in [3.8, 4) is 0 Å². The van der Waals surface area contributed by atoms with Crippen LogP contribution >= 0.6 is 0 Å². The first-order chi connectivity index (χ1) is 14.8. The number of nitrogens with zero attached hydrogens (tertiary/aromatic N) is 1. The molecule has 2 amide bonds. The lowest BCUT2D eigenvalue weighted by atomic mass is 9.97. The molecule has 1 atom stereocenters. The average Bonchev–Trinajstić information content (AvgIpc) is 2.80. The summed E-state index contributed by atoms with van der Waals surface area (Å²) in [5.74, 6) is -0.683. The molecule has 3 rings (SSSR count). The maximum atomic E-state index is 12.9. The number of carbonyl (C=O) groups is 2. The number of nitrogens with one attached hydrogen (secondary N) is 2. The van der Waals surface area contributed by atoms with Gasteiger partial charge in [-0.25, -0.2) is 12.7 Å². The fourth-order valence-electron chi connectivity index (χ4n) is 3.70. The molecule has 1 fully saturated rings. The second-order valence-electron chi connectivity index (χ2n) is 7.71. The molecule has 31 heavy (non-hydrogen) atoms. The van der Waals surface area contributed by atoms with Gasteiger partial charge in [-0.2, -0.15) is 0 Å². The minimum absolute atomic E-state index is 0.0632. The largest absolute Gasteiger partial charge is 0.345 e. The van der Waals surface area contributed by atoms with Gasteiger partial charge in [0.1, 0.15) is 0 Å². The van der Waals surface area contributed by atoms with Gasteiger partial charge in [0.05, 0.1) is 23.0 Å². The van der Waals surface area contributed by atoms with Crippen LogP contribution in [0.3, 0.4) is 0 Å². The van der Waals surface area contributed by atoms with E-state index in [1.54, 1.807) is 31.2 Å². The van der Waals surface area contributed by atoms with Gasteiger partial charge in [0.25, 0.3) is 5.91 Å². The molecule has 1 unspecified atom stereocenters. The van der Waals surface area contributed by atoms with E-state index >= 15 is 0 Å². The zero-order valence-corrected chi connectivity index (χ0v) is 18.7. The van der Waals surface area contributed by atoms with Crippen molar-refractivity contribution in [1.82, 2.24) is 9.62 Å². The van der Waals surface area contributed by atoms with Crippen LogP contribution < -0.4 is 10.6 Å². The van der Waals surface area contributed by atoms with Crippen LogP contribution in [-0.2, 0) is 14.8 Å². The number of hydrogen-bond donors (Lipinski definition) is 2. The molecule has 7 nitrogen and oxygen atoms in total. The smallest absolute Gasteiger partial charge is 0.253 e. The number of hydrogen-bond acceptors (Lipinski definition) is 4. The quantitative estimate of drug-likeness (QED) is 0.687. The molecule has 1 aliphatic rings. The Morgan fingerprint density at radius 3 is 2.29 bits per heavy atom. The van der Waals surface area contributed by atoms with Gasteiger partial charge in [-0.3, -0.25) is 9.59 Å². The molecule has 2 aromatic rings. The van der Waals surface area contributed by atoms with Crippen LogP contribution in [0.25, 0.3) is 0 Å². The highest BCUT2D eigenvalue weighted by Gasteiger charge is 2.30. The number of carbonyl (C=O) groups excluding carboxylic acids is 2. The summed E-state index contributed by atoms with van der Waals surface area (Å²) < 4.78 is 25.5. The summed E-state index contributed by atoms with van der Waals surface area (Å²) in [5, 5.41) is 5.84. The monoisotopic (exact) mass is 443 g/mol. The summed E-state index contributed by atoms with van der Waals surface area (Å²) >= 11 is 0. The molecule has 1 heterocycles. The molecule has 0 radical (unpaired) electrons. The highest BCUT2D eigenvalue weighted by molar-refractivity contribution is 7.89. The molecular formula is C23H29N3O4S. The van der Waals surface area contributed by atoms with E-state index in [0.29, 0.717) is 37.2 Å². The molecule has 1 saturated heterocycles. The van der Waals surface area contributed by atoms with Crippen molar-refractivity contribution >= 4 is 27.5 Å². The Balaban J connectivity index is 1.64. The lowest BCUT2D eigenvalue weighted by Gasteiger charge is -2.30. The second-order valence-corrected chi connectivity index (χ2v) is 9.97. The number of benzene rings is 2. The Morgan fingerprint density at radius 2 is 1.65 bits per heavy atom. The van der Waals surface area contributed by atoms with Gasteiger partial charge in [0.15, 0.2) is 0 Å². The molecule has 2 N–H and O–H groups in total. The Kier molecular flexibility index (Phi) is 7.46. The zero-order valence-electron chi connectivity index (χ0n) is 17.9. The predicted octanol–water partition coefficient (Wildman–Crippen LogP) is 3.18. The van der Waals surface area contributed by atoms with Crippen LogP contribution in [0, 0.1) is 5.92 Å². The SMILES string of the molecule is CCS(=O)(=O)N1CCC(C(=O)Nc2ccccc2C(=O)NC(C)c2ccccc2)CC1. The first kappa shape index (κ1) is 23.0. The number of para-hydroxylation sites is 1. The Morgan fingerprint density at radius 1 is 1.03 bits per heavy atom. The first-order valence-electron chi connectivity index (χ1n) is 10.6. The Bertz CT molecular complexity index is 1020. The van der Waals surface area contributed by atoms with Crippen molar-refractivity contribution < 1.29 is 18.0 Å². The lowest BCUT2D eigenvalue weighted by molar-refractivity contribution is -0.120. The summed E-state index contributed by atoms with van der Waals surface area (Å²) in [6.07, 6.45) is 0.926. The summed E-state index contributed by atoms with van der Waals surface area (Å²) in [4.78, 5) is 25.7. The van der Waals surface area contributed by atoms with Crippen LogP contribution in [0.4, 0.5) is 5.69 Å². The van der Waals surface area contributed by atoms with Gasteiger partial charge in [-0.15, -0.1) is 0 Å². The molecule has 0 saturated carbocycles. The molecule has 2 aromatic carbocycles. The third-order valence-corrected chi connectivity index (χ3v) is 7.54. The van der Waals surface area contributed by atoms with Gasteiger partial charge in [-0.1, -0.05) is 42.5 Å². The molecule has 0 aliphatic carbocycles. The summed E-state index contributed by atoms with van der Waals surface area (Å²) in [5.41, 5.74) is 1.84. The number of anilines is 1. The maximum Gasteiger partial charge on any atom is 0.253 e. The maximum absolute atomic E-state index is 12.9. The third-order valence-electron chi connectivity index (χ3n) is 5.66. The highest BCUT2D eigenvalue weighted by atomic mass is 32.2. The van der Waals surface area contributed by atoms with Crippen LogP contribution in [0.2, 0.25) is 0 Å². The van der Waals surface area contributed by atoms with E-state index in [2.05, 4.69) is 10.6 Å². The number of amides is 2. The normalized spacial score (nSPS) is 16.5. The van der Waals surface area contributed by atoms with Gasteiger partial charge in [0.2, 0.25) is 15.9 Å². The van der Waals surface area contributed by atoms with Crippen molar-refractivity contribution in [2.75, 3.05) is 24.2 Å². The topological polar surface area (TPSA) is 95.6 Å². The second kappa shape index (κ2) is 10.1. The van der Waals surface area contributed by atoms with Crippen LogP contribution in [0.1, 0.15) is 48.7 Å². The summed E-state index contributed by atoms with van der Waals surface area (Å²) in [6, 6.07) is 16.4. The van der Waals surface area contributed by atoms with E-state index in [1.807, 2.05) is 37.3 Å². The van der Waals surface area contributed by atoms with E-state index in [-0.39, 0.29) is 29.5 Å². The minimum atomic E-state index is -3.23. The van der Waals surface area contributed by atoms with Crippen LogP contribution in [0.5, 0.6) is 0 Å². The standard InChI is InChI=1S/C23H29N3O4S/c1-3-31(29,30)26-15-13-19(14-16-26)22(27)25-21-12-8-7-11-20(21)23(28)24-17(2)18-9-5-4-6-10-18/h4-12,17,19H,3,13-16H2,1-2H3,(H,24,28)(H,25,27). The molecule has 0 aromatic heterocycles. The zero-order chi connectivity index (χ0) is 22.4. The molecule has 0 bridgehead atoms. The van der Waals surface area contributed by atoms with Gasteiger partial charge < -0.3 is 10.6 Å². The van der Waals surface area contributed by atoms with Gasteiger partial charge in [-0.05, 0) is 44.4 Å². The fourth-order valence-corrected chi connectivity index (χ4v) is 4.84. The van der Waals surface area contributed by atoms with Gasteiger partial charge in [0, 0.05) is 19.0 Å². The Hall–Kier alpha value is -2.71. The molecule has 166 valence electrons. The van der Waals surface area contributed by atoms with Crippen molar-refractivity contribution in [3.05, 3.63) is 65.7 Å². The number of sulfonamides is 1. The number of rotatable bonds is 7. The first-order valence-corrected chi connectivity index (χ1v) is 12.2. The van der Waals surface area contributed by atoms with Crippen molar-refractivity contribution in [3.63, 3.8) is 0 Å². The van der Waals surface area contributed by atoms with E-state index in [1.165, 1.54) is 4.31 Å². The molecular weight excluding hydrogens is 414 g/mol. The van der Waals surface area contributed by atoms with E-state index in [0.717, 1.165) is 5.56 Å².